The van der Waals surface area contributed by atoms with Crippen molar-refractivity contribution in [1.82, 2.24) is 0 Å². The number of carbonyl (C=O) groups excluding carboxylic acids is 1. The topological polar surface area (TPSA) is 124 Å². The second-order valence-corrected chi connectivity index (χ2v) is 8.13. The van der Waals surface area contributed by atoms with Crippen molar-refractivity contribution in [1.29, 1.82) is 0 Å². The molecule has 0 saturated carbocycles. The second kappa shape index (κ2) is 19.8. The molecule has 0 fully saturated rings. The van der Waals surface area contributed by atoms with Crippen molar-refractivity contribution < 1.29 is 85.5 Å². The van der Waals surface area contributed by atoms with Gasteiger partial charge in [0.2, 0.25) is 0 Å². The fourth-order valence-corrected chi connectivity index (χ4v) is 3.47. The molecule has 0 radical (unpaired) electrons. The number of hydrogen-bond donors (Lipinski definition) is 2. The van der Waals surface area contributed by atoms with Crippen LogP contribution in [-0.4, -0.2) is 53.6 Å². The number of esters is 1. The standard InChI is InChI=1S/C25H34NO5.CH2O2.K/c1-18(2)30-19(3)31-25(29)14-13-23(26-16-15-24(27)28)17-20-9-11-22(12-10-20)21-7-5-4-6-8-21;2-1-3;/h5,7-12,18-19,23H,4,6,13-17H2,1-3H3,(H,27,28);1H,(H,2,3);/q-1;;+1. The third-order valence-corrected chi connectivity index (χ3v) is 4.91. The minimum Gasteiger partial charge on any atom is -0.659 e. The Morgan fingerprint density at radius 1 is 1.11 bits per heavy atom. The Labute approximate surface area is 250 Å². The SMILES string of the molecule is CC(C)OC(C)OC(=O)CCC(Cc1ccc(C2=CCCC=C2)cc1)[N-]CCC(=O)O.O=CO.[K+]. The maximum absolute atomic E-state index is 12.1. The molecule has 0 spiro atoms. The Balaban J connectivity index is 0.00000274. The molecule has 0 amide bonds. The summed E-state index contributed by atoms with van der Waals surface area (Å²) in [6.45, 7) is 5.45. The maximum atomic E-state index is 12.1. The summed E-state index contributed by atoms with van der Waals surface area (Å²) in [6.07, 6.45) is 9.47. The summed E-state index contributed by atoms with van der Waals surface area (Å²) in [5, 5.41) is 20.3. The number of rotatable bonds is 13. The average Bonchev–Trinajstić information content (AvgIpc) is 2.78. The molecule has 0 bridgehead atoms. The summed E-state index contributed by atoms with van der Waals surface area (Å²) in [7, 11) is 0. The Morgan fingerprint density at radius 2 is 1.77 bits per heavy atom. The van der Waals surface area contributed by atoms with Crippen LogP contribution in [0.25, 0.3) is 10.9 Å². The monoisotopic (exact) mass is 513 g/mol. The van der Waals surface area contributed by atoms with Gasteiger partial charge in [-0.25, -0.2) is 0 Å². The van der Waals surface area contributed by atoms with Crippen molar-refractivity contribution in [2.45, 2.75) is 77.7 Å². The van der Waals surface area contributed by atoms with Crippen LogP contribution < -0.4 is 51.4 Å². The predicted molar refractivity (Wildman–Crippen MR) is 130 cm³/mol. The van der Waals surface area contributed by atoms with Crippen LogP contribution in [0, 0.1) is 0 Å². The van der Waals surface area contributed by atoms with Crippen molar-refractivity contribution in [3.8, 4) is 0 Å². The van der Waals surface area contributed by atoms with E-state index in [1.807, 2.05) is 13.8 Å². The molecule has 0 aliphatic heterocycles. The molecule has 2 unspecified atom stereocenters. The molecule has 1 aliphatic carbocycles. The summed E-state index contributed by atoms with van der Waals surface area (Å²) in [6, 6.07) is 8.21. The van der Waals surface area contributed by atoms with Crippen LogP contribution in [-0.2, 0) is 30.3 Å². The first-order valence-corrected chi connectivity index (χ1v) is 11.5. The minimum atomic E-state index is -0.875. The number of carboxylic acid groups (broad SMARTS) is 2. The smallest absolute Gasteiger partial charge is 0.659 e. The summed E-state index contributed by atoms with van der Waals surface area (Å²) in [5.74, 6) is -1.21. The van der Waals surface area contributed by atoms with Crippen LogP contribution in [0.3, 0.4) is 0 Å². The normalized spacial score (nSPS) is 14.0. The maximum Gasteiger partial charge on any atom is 1.00 e. The summed E-state index contributed by atoms with van der Waals surface area (Å²) >= 11 is 0. The summed E-state index contributed by atoms with van der Waals surface area (Å²) in [5.41, 5.74) is 3.53. The second-order valence-electron chi connectivity index (χ2n) is 8.13. The van der Waals surface area contributed by atoms with Crippen molar-refractivity contribution in [3.63, 3.8) is 0 Å². The number of ether oxygens (including phenoxy) is 2. The first-order chi connectivity index (χ1) is 16.2. The molecule has 8 nitrogen and oxygen atoms in total. The minimum absolute atomic E-state index is 0. The van der Waals surface area contributed by atoms with Gasteiger partial charge in [0, 0.05) is 12.8 Å². The van der Waals surface area contributed by atoms with Crippen LogP contribution in [0.5, 0.6) is 0 Å². The number of nitrogens with zero attached hydrogens (tertiary/aromatic N) is 1. The van der Waals surface area contributed by atoms with Crippen LogP contribution in [0.15, 0.2) is 42.5 Å². The van der Waals surface area contributed by atoms with Gasteiger partial charge in [0.05, 0.1) is 6.10 Å². The fraction of sp³-hybridized carbons (Fsp3) is 0.500. The van der Waals surface area contributed by atoms with E-state index in [0.29, 0.717) is 12.8 Å². The molecular weight excluding hydrogens is 477 g/mol. The third-order valence-electron chi connectivity index (χ3n) is 4.91. The zero-order chi connectivity index (χ0) is 25.3. The average molecular weight is 514 g/mol. The molecule has 1 aliphatic rings. The molecule has 188 valence electrons. The predicted octanol–water partition coefficient (Wildman–Crippen LogP) is 1.98. The molecule has 1 aromatic carbocycles. The zero-order valence-corrected chi connectivity index (χ0v) is 24.3. The van der Waals surface area contributed by atoms with E-state index in [2.05, 4.69) is 47.8 Å². The van der Waals surface area contributed by atoms with Crippen LogP contribution >= 0.6 is 0 Å². The molecule has 0 heterocycles. The molecule has 0 saturated heterocycles. The van der Waals surface area contributed by atoms with Crippen LogP contribution in [0.4, 0.5) is 0 Å². The number of carboxylic acids is 1. The van der Waals surface area contributed by atoms with Gasteiger partial charge in [-0.2, -0.15) is 0 Å². The quantitative estimate of drug-likeness (QED) is 0.179. The van der Waals surface area contributed by atoms with Gasteiger partial charge in [0.25, 0.3) is 6.47 Å². The van der Waals surface area contributed by atoms with Gasteiger partial charge in [0.1, 0.15) is 0 Å². The van der Waals surface area contributed by atoms with E-state index in [9.17, 15) is 9.59 Å². The van der Waals surface area contributed by atoms with Gasteiger partial charge in [-0.1, -0.05) is 48.9 Å². The first kappa shape index (κ1) is 33.7. The molecule has 9 heteroatoms. The van der Waals surface area contributed by atoms with E-state index in [4.69, 9.17) is 24.5 Å². The van der Waals surface area contributed by atoms with Crippen molar-refractivity contribution in [3.05, 3.63) is 58.9 Å². The third kappa shape index (κ3) is 16.1. The van der Waals surface area contributed by atoms with Crippen LogP contribution in [0.1, 0.15) is 64.0 Å². The summed E-state index contributed by atoms with van der Waals surface area (Å²) < 4.78 is 10.7. The van der Waals surface area contributed by atoms with E-state index in [-0.39, 0.29) is 95.4 Å². The van der Waals surface area contributed by atoms with Crippen molar-refractivity contribution in [2.24, 2.45) is 0 Å². The molecule has 2 rings (SSSR count). The Hall–Kier alpha value is -1.33. The fourth-order valence-electron chi connectivity index (χ4n) is 3.47. The molecule has 2 N–H and O–H groups in total. The van der Waals surface area contributed by atoms with Gasteiger partial charge in [-0.05, 0) is 56.7 Å². The molecule has 1 aromatic rings. The largest absolute Gasteiger partial charge is 1.00 e. The van der Waals surface area contributed by atoms with Gasteiger partial charge in [0.15, 0.2) is 6.29 Å². The van der Waals surface area contributed by atoms with E-state index in [1.165, 1.54) is 11.1 Å². The van der Waals surface area contributed by atoms with Gasteiger partial charge in [-0.3, -0.25) is 14.4 Å². The number of aliphatic carboxylic acids is 1. The first-order valence-electron chi connectivity index (χ1n) is 11.5. The van der Waals surface area contributed by atoms with Crippen molar-refractivity contribution in [2.75, 3.05) is 6.54 Å². The Kier molecular flexibility index (Phi) is 19.1. The Morgan fingerprint density at radius 3 is 2.31 bits per heavy atom. The molecule has 0 aromatic heterocycles. The van der Waals surface area contributed by atoms with E-state index >= 15 is 0 Å². The van der Waals surface area contributed by atoms with E-state index in [1.54, 1.807) is 6.92 Å². The van der Waals surface area contributed by atoms with Gasteiger partial charge < -0.3 is 25.0 Å². The van der Waals surface area contributed by atoms with E-state index < -0.39 is 12.3 Å². The molecule has 35 heavy (non-hydrogen) atoms. The number of allylic oxidation sites excluding steroid dienone is 4. The number of benzene rings is 1. The zero-order valence-electron chi connectivity index (χ0n) is 21.2. The van der Waals surface area contributed by atoms with Gasteiger partial charge in [-0.15, -0.1) is 12.6 Å². The number of carbonyl (C=O) groups is 3. The Bertz CT molecular complexity index is 821. The molecule has 2 atom stereocenters. The van der Waals surface area contributed by atoms with Gasteiger partial charge >= 0.3 is 63.3 Å². The molecular formula is C26H36KNO7. The van der Waals surface area contributed by atoms with Crippen LogP contribution in [0.2, 0.25) is 0 Å². The van der Waals surface area contributed by atoms with E-state index in [0.717, 1.165) is 18.4 Å². The number of hydrogen-bond acceptors (Lipinski definition) is 5. The van der Waals surface area contributed by atoms with Crippen molar-refractivity contribution >= 4 is 24.0 Å². The summed E-state index contributed by atoms with van der Waals surface area (Å²) in [4.78, 5) is 31.3.